The van der Waals surface area contributed by atoms with E-state index in [0.29, 0.717) is 6.42 Å². The van der Waals surface area contributed by atoms with Crippen LogP contribution in [0.15, 0.2) is 12.1 Å². The van der Waals surface area contributed by atoms with Gasteiger partial charge in [-0.25, -0.2) is 0 Å². The van der Waals surface area contributed by atoms with E-state index in [4.69, 9.17) is 12.6 Å². The summed E-state index contributed by atoms with van der Waals surface area (Å²) in [6.45, 7) is 4.04. The molecule has 1 aromatic rings. The second-order valence-corrected chi connectivity index (χ2v) is 3.67. The number of methoxy groups -OCH3 is 1. The van der Waals surface area contributed by atoms with Crippen LogP contribution in [0.5, 0.6) is 5.75 Å². The van der Waals surface area contributed by atoms with Gasteiger partial charge in [-0.2, -0.15) is 0 Å². The van der Waals surface area contributed by atoms with E-state index in [9.17, 15) is 4.79 Å². The van der Waals surface area contributed by atoms with Crippen LogP contribution in [-0.4, -0.2) is 20.7 Å². The average molecular weight is 202 g/mol. The van der Waals surface area contributed by atoms with E-state index in [2.05, 4.69) is 0 Å². The molecule has 0 aliphatic carbocycles. The van der Waals surface area contributed by atoms with Crippen LogP contribution in [0.3, 0.4) is 0 Å². The highest BCUT2D eigenvalue weighted by atomic mass is 16.5. The first-order valence-corrected chi connectivity index (χ1v) is 4.94. The molecule has 0 atom stereocenters. The Morgan fingerprint density at radius 3 is 2.47 bits per heavy atom. The van der Waals surface area contributed by atoms with Crippen molar-refractivity contribution in [3.05, 3.63) is 28.8 Å². The molecule has 3 heteroatoms. The van der Waals surface area contributed by atoms with Gasteiger partial charge in [0.1, 0.15) is 11.5 Å². The number of hydrogen-bond acceptors (Lipinski definition) is 2. The van der Waals surface area contributed by atoms with Crippen LogP contribution in [0.4, 0.5) is 0 Å². The Hall–Kier alpha value is -1.25. The molecule has 0 aliphatic rings. The highest BCUT2D eigenvalue weighted by molar-refractivity contribution is 6.20. The minimum Gasteiger partial charge on any atom is -0.496 e. The zero-order valence-electron chi connectivity index (χ0n) is 9.46. The van der Waals surface area contributed by atoms with E-state index in [1.54, 1.807) is 7.11 Å². The summed E-state index contributed by atoms with van der Waals surface area (Å²) < 4.78 is 5.23. The zero-order valence-corrected chi connectivity index (χ0v) is 9.46. The normalized spacial score (nSPS) is 10.1. The van der Waals surface area contributed by atoms with Crippen LogP contribution in [0.2, 0.25) is 6.32 Å². The number of rotatable bonds is 4. The Labute approximate surface area is 92.0 Å². The van der Waals surface area contributed by atoms with Crippen molar-refractivity contribution in [1.29, 1.82) is 0 Å². The molecule has 1 aromatic carbocycles. The van der Waals surface area contributed by atoms with Crippen molar-refractivity contribution in [1.82, 2.24) is 0 Å². The minimum atomic E-state index is 0.0246. The van der Waals surface area contributed by atoms with Gasteiger partial charge in [0.15, 0.2) is 0 Å². The first-order valence-electron chi connectivity index (χ1n) is 4.94. The lowest BCUT2D eigenvalue weighted by atomic mass is 9.94. The molecule has 0 spiro atoms. The smallest absolute Gasteiger partial charge is 0.128 e. The number of aryl methyl sites for hydroxylation is 2. The minimum absolute atomic E-state index is 0.0246. The first-order chi connectivity index (χ1) is 7.08. The Balaban J connectivity index is 3.05. The zero-order chi connectivity index (χ0) is 11.4. The van der Waals surface area contributed by atoms with Crippen molar-refractivity contribution in [3.8, 4) is 5.75 Å². The monoisotopic (exact) mass is 202 g/mol. The largest absolute Gasteiger partial charge is 0.496 e. The summed E-state index contributed by atoms with van der Waals surface area (Å²) in [7, 11) is 6.90. The van der Waals surface area contributed by atoms with E-state index < -0.39 is 0 Å². The van der Waals surface area contributed by atoms with E-state index in [0.717, 1.165) is 22.4 Å². The van der Waals surface area contributed by atoms with Crippen molar-refractivity contribution >= 4 is 13.6 Å². The predicted octanol–water partition coefficient (Wildman–Crippen LogP) is 2.01. The number of benzene rings is 1. The second-order valence-electron chi connectivity index (χ2n) is 3.67. The van der Waals surface area contributed by atoms with E-state index in [-0.39, 0.29) is 12.1 Å². The van der Waals surface area contributed by atoms with Crippen LogP contribution in [0.1, 0.15) is 16.7 Å². The maximum Gasteiger partial charge on any atom is 0.128 e. The van der Waals surface area contributed by atoms with Gasteiger partial charge in [-0.1, -0.05) is 6.07 Å². The third-order valence-electron chi connectivity index (χ3n) is 2.51. The van der Waals surface area contributed by atoms with Gasteiger partial charge in [-0.05, 0) is 37.4 Å². The third kappa shape index (κ3) is 2.85. The van der Waals surface area contributed by atoms with Gasteiger partial charge in [-0.15, -0.1) is 0 Å². The van der Waals surface area contributed by atoms with Crippen LogP contribution >= 0.6 is 0 Å². The Bertz CT molecular complexity index is 372. The molecule has 0 aliphatic heterocycles. The molecule has 0 saturated carbocycles. The van der Waals surface area contributed by atoms with Crippen LogP contribution in [-0.2, 0) is 11.2 Å². The summed E-state index contributed by atoms with van der Waals surface area (Å²) in [5.41, 5.74) is 3.24. The molecular formula is C12H15BO2. The molecule has 2 nitrogen and oxygen atoms in total. The maximum absolute atomic E-state index is 11.3. The molecule has 0 amide bonds. The van der Waals surface area contributed by atoms with Crippen molar-refractivity contribution in [2.24, 2.45) is 0 Å². The highest BCUT2D eigenvalue weighted by Crippen LogP contribution is 2.23. The molecule has 0 aromatic heterocycles. The SMILES string of the molecule is [B]CC(=O)Cc1cc(C)c(C)cc1OC. The first kappa shape index (κ1) is 11.8. The molecule has 1 rings (SSSR count). The summed E-state index contributed by atoms with van der Waals surface area (Å²) in [6, 6.07) is 3.94. The molecule has 0 saturated heterocycles. The number of Topliss-reactive ketones (excluding diaryl/α,β-unsaturated/α-hetero) is 1. The summed E-state index contributed by atoms with van der Waals surface area (Å²) in [6.07, 6.45) is 0.427. The van der Waals surface area contributed by atoms with Gasteiger partial charge in [0.05, 0.1) is 15.0 Å². The number of carbonyl (C=O) groups excluding carboxylic acids is 1. The molecule has 0 unspecified atom stereocenters. The Morgan fingerprint density at radius 2 is 1.93 bits per heavy atom. The number of carbonyl (C=O) groups is 1. The fraction of sp³-hybridized carbons (Fsp3) is 0.417. The van der Waals surface area contributed by atoms with Crippen LogP contribution in [0, 0.1) is 13.8 Å². The van der Waals surface area contributed by atoms with Gasteiger partial charge < -0.3 is 9.53 Å². The van der Waals surface area contributed by atoms with Gasteiger partial charge in [0, 0.05) is 12.0 Å². The fourth-order valence-corrected chi connectivity index (χ4v) is 1.46. The lowest BCUT2D eigenvalue weighted by Crippen LogP contribution is -2.04. The summed E-state index contributed by atoms with van der Waals surface area (Å²) in [4.78, 5) is 11.3. The lowest BCUT2D eigenvalue weighted by molar-refractivity contribution is -0.116. The second kappa shape index (κ2) is 5.01. The van der Waals surface area contributed by atoms with Gasteiger partial charge in [0.2, 0.25) is 0 Å². The molecule has 2 radical (unpaired) electrons. The molecule has 15 heavy (non-hydrogen) atoms. The highest BCUT2D eigenvalue weighted by Gasteiger charge is 2.08. The Kier molecular flexibility index (Phi) is 3.95. The van der Waals surface area contributed by atoms with E-state index >= 15 is 0 Å². The summed E-state index contributed by atoms with van der Waals surface area (Å²) in [5.74, 6) is 0.788. The number of hydrogen-bond donors (Lipinski definition) is 0. The quantitative estimate of drug-likeness (QED) is 0.698. The topological polar surface area (TPSA) is 26.3 Å². The fourth-order valence-electron chi connectivity index (χ4n) is 1.46. The van der Waals surface area contributed by atoms with Crippen molar-refractivity contribution in [2.75, 3.05) is 7.11 Å². The van der Waals surface area contributed by atoms with E-state index in [1.807, 2.05) is 26.0 Å². The average Bonchev–Trinajstić information content (AvgIpc) is 2.22. The molecule has 0 fully saturated rings. The van der Waals surface area contributed by atoms with Crippen LogP contribution in [0.25, 0.3) is 0 Å². The van der Waals surface area contributed by atoms with E-state index in [1.165, 1.54) is 0 Å². The maximum atomic E-state index is 11.3. The van der Waals surface area contributed by atoms with Gasteiger partial charge in [0.25, 0.3) is 0 Å². The summed E-state index contributed by atoms with van der Waals surface area (Å²) >= 11 is 0. The molecule has 0 N–H and O–H groups in total. The lowest BCUT2D eigenvalue weighted by Gasteiger charge is -2.10. The van der Waals surface area contributed by atoms with Crippen molar-refractivity contribution in [2.45, 2.75) is 26.6 Å². The molecule has 0 heterocycles. The number of ether oxygens (including phenoxy) is 1. The molecule has 0 bridgehead atoms. The van der Waals surface area contributed by atoms with Crippen molar-refractivity contribution < 1.29 is 9.53 Å². The van der Waals surface area contributed by atoms with Gasteiger partial charge >= 0.3 is 0 Å². The number of ketones is 1. The Morgan fingerprint density at radius 1 is 1.33 bits per heavy atom. The standard InChI is InChI=1S/C12H15BO2/c1-8-4-10(6-11(14)7-13)12(15-3)5-9(8)2/h4-5H,6-7H2,1-3H3. The molecule has 78 valence electrons. The summed E-state index contributed by atoms with van der Waals surface area (Å²) in [5, 5.41) is 0. The van der Waals surface area contributed by atoms with Crippen molar-refractivity contribution in [3.63, 3.8) is 0 Å². The molecular weight excluding hydrogens is 187 g/mol. The van der Waals surface area contributed by atoms with Gasteiger partial charge in [-0.3, -0.25) is 0 Å². The van der Waals surface area contributed by atoms with Crippen LogP contribution < -0.4 is 4.74 Å². The third-order valence-corrected chi connectivity index (χ3v) is 2.51. The predicted molar refractivity (Wildman–Crippen MR) is 61.7 cm³/mol.